The molecule has 1 aliphatic heterocycles. The van der Waals surface area contributed by atoms with Gasteiger partial charge in [0.15, 0.2) is 0 Å². The van der Waals surface area contributed by atoms with Crippen molar-refractivity contribution in [3.63, 3.8) is 0 Å². The Bertz CT molecular complexity index is 820. The van der Waals surface area contributed by atoms with E-state index in [1.165, 1.54) is 24.3 Å². The van der Waals surface area contributed by atoms with Gasteiger partial charge in [-0.15, -0.1) is 0 Å². The minimum atomic E-state index is -0.495. The zero-order chi connectivity index (χ0) is 18.7. The summed E-state index contributed by atoms with van der Waals surface area (Å²) in [6.07, 6.45) is 0. The summed E-state index contributed by atoms with van der Waals surface area (Å²) < 4.78 is 0. The first kappa shape index (κ1) is 17.6. The Morgan fingerprint density at radius 1 is 0.962 bits per heavy atom. The molecule has 0 aliphatic carbocycles. The standard InChI is InChI=1S/C19H19N3O4/c1-14-13-20(18(23)15-5-3-2-4-6-15)11-12-21(14)19(24)16-7-9-17(10-8-16)22(25)26/h2-10,14H,11-13H2,1H3. The Morgan fingerprint density at radius 3 is 2.15 bits per heavy atom. The molecule has 1 saturated heterocycles. The molecule has 7 heteroatoms. The van der Waals surface area contributed by atoms with Crippen LogP contribution in [0.15, 0.2) is 54.6 Å². The fourth-order valence-corrected chi connectivity index (χ4v) is 3.10. The molecule has 0 saturated carbocycles. The second-order valence-corrected chi connectivity index (χ2v) is 6.27. The van der Waals surface area contributed by atoms with Gasteiger partial charge in [-0.05, 0) is 31.2 Å². The van der Waals surface area contributed by atoms with Crippen LogP contribution in [0.4, 0.5) is 5.69 Å². The molecule has 0 radical (unpaired) electrons. The fraction of sp³-hybridized carbons (Fsp3) is 0.263. The number of carbonyl (C=O) groups is 2. The van der Waals surface area contributed by atoms with E-state index in [9.17, 15) is 19.7 Å². The number of hydrogen-bond acceptors (Lipinski definition) is 4. The molecule has 7 nitrogen and oxygen atoms in total. The van der Waals surface area contributed by atoms with Crippen LogP contribution >= 0.6 is 0 Å². The van der Waals surface area contributed by atoms with Crippen LogP contribution in [0.5, 0.6) is 0 Å². The van der Waals surface area contributed by atoms with Crippen molar-refractivity contribution in [3.8, 4) is 0 Å². The quantitative estimate of drug-likeness (QED) is 0.627. The molecule has 0 aromatic heterocycles. The van der Waals surface area contributed by atoms with Crippen LogP contribution < -0.4 is 0 Å². The number of carbonyl (C=O) groups excluding carboxylic acids is 2. The van der Waals surface area contributed by atoms with Crippen molar-refractivity contribution in [2.75, 3.05) is 19.6 Å². The van der Waals surface area contributed by atoms with Crippen LogP contribution in [0.3, 0.4) is 0 Å². The van der Waals surface area contributed by atoms with Crippen LogP contribution in [0.25, 0.3) is 0 Å². The van der Waals surface area contributed by atoms with E-state index in [2.05, 4.69) is 0 Å². The Kier molecular flexibility index (Phi) is 4.97. The van der Waals surface area contributed by atoms with E-state index in [0.717, 1.165) is 0 Å². The third-order valence-corrected chi connectivity index (χ3v) is 4.52. The lowest BCUT2D eigenvalue weighted by Crippen LogP contribution is -2.55. The molecule has 0 bridgehead atoms. The highest BCUT2D eigenvalue weighted by atomic mass is 16.6. The Balaban J connectivity index is 1.67. The number of rotatable bonds is 3. The van der Waals surface area contributed by atoms with E-state index in [-0.39, 0.29) is 23.5 Å². The number of amides is 2. The van der Waals surface area contributed by atoms with Gasteiger partial charge in [0.2, 0.25) is 0 Å². The number of nitro benzene ring substituents is 1. The molecule has 2 amide bonds. The van der Waals surface area contributed by atoms with Crippen LogP contribution in [-0.2, 0) is 0 Å². The zero-order valence-corrected chi connectivity index (χ0v) is 14.4. The van der Waals surface area contributed by atoms with Gasteiger partial charge < -0.3 is 9.80 Å². The van der Waals surface area contributed by atoms with Crippen molar-refractivity contribution >= 4 is 17.5 Å². The molecule has 1 aliphatic rings. The third kappa shape index (κ3) is 3.56. The van der Waals surface area contributed by atoms with Gasteiger partial charge in [-0.3, -0.25) is 19.7 Å². The van der Waals surface area contributed by atoms with Crippen molar-refractivity contribution in [2.45, 2.75) is 13.0 Å². The lowest BCUT2D eigenvalue weighted by molar-refractivity contribution is -0.384. The minimum Gasteiger partial charge on any atom is -0.335 e. The number of piperazine rings is 1. The van der Waals surface area contributed by atoms with Crippen LogP contribution in [0, 0.1) is 10.1 Å². The van der Waals surface area contributed by atoms with Gasteiger partial charge in [-0.25, -0.2) is 0 Å². The highest BCUT2D eigenvalue weighted by Crippen LogP contribution is 2.18. The molecular formula is C19H19N3O4. The predicted molar refractivity (Wildman–Crippen MR) is 95.9 cm³/mol. The van der Waals surface area contributed by atoms with Crippen LogP contribution in [0.2, 0.25) is 0 Å². The Labute approximate surface area is 151 Å². The lowest BCUT2D eigenvalue weighted by atomic mass is 10.1. The molecule has 1 heterocycles. The zero-order valence-electron chi connectivity index (χ0n) is 14.4. The number of hydrogen-bond donors (Lipinski definition) is 0. The normalized spacial score (nSPS) is 17.0. The maximum Gasteiger partial charge on any atom is 0.269 e. The third-order valence-electron chi connectivity index (χ3n) is 4.52. The number of nitrogens with zero attached hydrogens (tertiary/aromatic N) is 3. The lowest BCUT2D eigenvalue weighted by Gasteiger charge is -2.40. The summed E-state index contributed by atoms with van der Waals surface area (Å²) in [7, 11) is 0. The molecular weight excluding hydrogens is 334 g/mol. The van der Waals surface area contributed by atoms with Crippen molar-refractivity contribution in [1.82, 2.24) is 9.80 Å². The van der Waals surface area contributed by atoms with E-state index in [0.29, 0.717) is 30.8 Å². The van der Waals surface area contributed by atoms with Crippen molar-refractivity contribution in [2.24, 2.45) is 0 Å². The first-order valence-electron chi connectivity index (χ1n) is 8.37. The summed E-state index contributed by atoms with van der Waals surface area (Å²) in [4.78, 5) is 38.9. The second kappa shape index (κ2) is 7.35. The van der Waals surface area contributed by atoms with Crippen molar-refractivity contribution in [1.29, 1.82) is 0 Å². The smallest absolute Gasteiger partial charge is 0.269 e. The Morgan fingerprint density at radius 2 is 1.58 bits per heavy atom. The SMILES string of the molecule is CC1CN(C(=O)c2ccccc2)CCN1C(=O)c1ccc([N+](=O)[O-])cc1. The molecule has 2 aromatic rings. The van der Waals surface area contributed by atoms with Crippen LogP contribution in [-0.4, -0.2) is 52.2 Å². The summed E-state index contributed by atoms with van der Waals surface area (Å²) in [6.45, 7) is 3.23. The first-order valence-corrected chi connectivity index (χ1v) is 8.37. The van der Waals surface area contributed by atoms with Crippen molar-refractivity contribution < 1.29 is 14.5 Å². The summed E-state index contributed by atoms with van der Waals surface area (Å²) in [5.74, 6) is -0.223. The maximum atomic E-state index is 12.7. The number of nitro groups is 1. The van der Waals surface area contributed by atoms with Gasteiger partial charge in [0.05, 0.1) is 4.92 Å². The molecule has 0 spiro atoms. The molecule has 2 aromatic carbocycles. The largest absolute Gasteiger partial charge is 0.335 e. The fourth-order valence-electron chi connectivity index (χ4n) is 3.10. The Hall–Kier alpha value is -3.22. The number of non-ortho nitro benzene ring substituents is 1. The van der Waals surface area contributed by atoms with Gasteiger partial charge in [0.1, 0.15) is 0 Å². The molecule has 1 atom stereocenters. The first-order chi connectivity index (χ1) is 12.5. The van der Waals surface area contributed by atoms with E-state index in [1.54, 1.807) is 21.9 Å². The molecule has 3 rings (SSSR count). The van der Waals surface area contributed by atoms with Crippen molar-refractivity contribution in [3.05, 3.63) is 75.8 Å². The van der Waals surface area contributed by atoms with Gasteiger partial charge in [-0.2, -0.15) is 0 Å². The summed E-state index contributed by atoms with van der Waals surface area (Å²) in [5.41, 5.74) is 0.994. The summed E-state index contributed by atoms with van der Waals surface area (Å²) in [6, 6.07) is 14.5. The molecule has 1 unspecified atom stereocenters. The minimum absolute atomic E-state index is 0.0418. The van der Waals surface area contributed by atoms with E-state index < -0.39 is 4.92 Å². The van der Waals surface area contributed by atoms with Gasteiger partial charge >= 0.3 is 0 Å². The van der Waals surface area contributed by atoms with E-state index in [4.69, 9.17) is 0 Å². The average Bonchev–Trinajstić information content (AvgIpc) is 2.67. The highest BCUT2D eigenvalue weighted by Gasteiger charge is 2.30. The number of benzene rings is 2. The van der Waals surface area contributed by atoms with E-state index in [1.807, 2.05) is 25.1 Å². The van der Waals surface area contributed by atoms with Gasteiger partial charge in [0.25, 0.3) is 17.5 Å². The van der Waals surface area contributed by atoms with Gasteiger partial charge in [0, 0.05) is 48.9 Å². The second-order valence-electron chi connectivity index (χ2n) is 6.27. The van der Waals surface area contributed by atoms with Gasteiger partial charge in [-0.1, -0.05) is 18.2 Å². The van der Waals surface area contributed by atoms with E-state index >= 15 is 0 Å². The topological polar surface area (TPSA) is 83.8 Å². The monoisotopic (exact) mass is 353 g/mol. The molecule has 134 valence electrons. The summed E-state index contributed by atoms with van der Waals surface area (Å²) in [5, 5.41) is 10.7. The highest BCUT2D eigenvalue weighted by molar-refractivity contribution is 5.96. The molecule has 0 N–H and O–H groups in total. The molecule has 1 fully saturated rings. The maximum absolute atomic E-state index is 12.7. The summed E-state index contributed by atoms with van der Waals surface area (Å²) >= 11 is 0. The molecule has 26 heavy (non-hydrogen) atoms. The predicted octanol–water partition coefficient (Wildman–Crippen LogP) is 2.58. The van der Waals surface area contributed by atoms with Crippen LogP contribution in [0.1, 0.15) is 27.6 Å². The average molecular weight is 353 g/mol.